The first-order valence-corrected chi connectivity index (χ1v) is 23.9. The summed E-state index contributed by atoms with van der Waals surface area (Å²) in [6.07, 6.45) is 5.05. The maximum atomic E-state index is 12.5. The van der Waals surface area contributed by atoms with Gasteiger partial charge in [0.05, 0.1) is 23.0 Å². The van der Waals surface area contributed by atoms with E-state index in [1.165, 1.54) is 5.12 Å². The quantitative estimate of drug-likeness (QED) is 0.0616. The maximum Gasteiger partial charge on any atom is 3.00 e. The van der Waals surface area contributed by atoms with E-state index < -0.39 is 0 Å². The molecule has 9 aromatic rings. The smallest absolute Gasteiger partial charge is 1.00 e. The van der Waals surface area contributed by atoms with Gasteiger partial charge in [-0.25, -0.2) is 0 Å². The minimum Gasteiger partial charge on any atom is -1.00 e. The summed E-state index contributed by atoms with van der Waals surface area (Å²) in [7, 11) is 0. The average Bonchev–Trinajstić information content (AvgIpc) is 3.40. The number of anilines is 1. The molecule has 1 aliphatic rings. The third-order valence-corrected chi connectivity index (χ3v) is 13.1. The molecule has 0 unspecified atom stereocenters. The number of halogens is 2. The van der Waals surface area contributed by atoms with Crippen LogP contribution in [0.15, 0.2) is 205 Å². The van der Waals surface area contributed by atoms with Crippen molar-refractivity contribution >= 4 is 17.1 Å². The van der Waals surface area contributed by atoms with Crippen LogP contribution in [0, 0.1) is 6.08 Å². The first kappa shape index (κ1) is 55.0. The van der Waals surface area contributed by atoms with Gasteiger partial charge in [0, 0.05) is 24.0 Å². The van der Waals surface area contributed by atoms with Crippen molar-refractivity contribution in [2.75, 3.05) is 5.12 Å². The molecule has 10 rings (SSSR count). The first-order chi connectivity index (χ1) is 35.2. The number of benzene rings is 9. The van der Waals surface area contributed by atoms with Crippen LogP contribution in [0.4, 0.5) is 5.69 Å². The normalized spacial score (nSPS) is 11.8. The molecule has 0 saturated heterocycles. The largest absolute Gasteiger partial charge is 3.00 e. The van der Waals surface area contributed by atoms with Gasteiger partial charge in [-0.15, -0.1) is 6.08 Å². The van der Waals surface area contributed by atoms with Crippen LogP contribution in [-0.2, 0) is 64.7 Å². The number of nitrogens with one attached hydrogen (secondary N) is 1. The molecule has 1 radical (unpaired) electrons. The van der Waals surface area contributed by atoms with E-state index in [1.807, 2.05) is 182 Å². The predicted octanol–water partition coefficient (Wildman–Crippen LogP) is 6.04. The van der Waals surface area contributed by atoms with Crippen LogP contribution in [0.25, 0.3) is 5.70 Å². The van der Waals surface area contributed by atoms with Crippen molar-refractivity contribution in [3.05, 3.63) is 284 Å². The Morgan fingerprint density at radius 2 is 0.587 bits per heavy atom. The summed E-state index contributed by atoms with van der Waals surface area (Å²) in [5, 5.41) is 81.2. The van der Waals surface area contributed by atoms with E-state index in [0.717, 1.165) is 33.4 Å². The van der Waals surface area contributed by atoms with Crippen molar-refractivity contribution in [3.63, 3.8) is 0 Å². The zero-order chi connectivity index (χ0) is 49.6. The van der Waals surface area contributed by atoms with Crippen LogP contribution in [-0.4, -0.2) is 36.4 Å². The van der Waals surface area contributed by atoms with Gasteiger partial charge in [0.15, 0.2) is 5.69 Å². The van der Waals surface area contributed by atoms with E-state index in [1.54, 1.807) is 18.2 Å². The second-order valence-electron chi connectivity index (χ2n) is 18.1. The number of nitrogens with zero attached hydrogens (tertiary/aromatic N) is 2. The van der Waals surface area contributed by atoms with Crippen LogP contribution in [0.2, 0.25) is 0 Å². The molecule has 1 aliphatic heterocycles. The summed E-state index contributed by atoms with van der Waals surface area (Å²) in [6, 6.07) is 63.4. The number of phenols is 6. The van der Waals surface area contributed by atoms with Gasteiger partial charge in [0.25, 0.3) is 0 Å². The number of aromatic hydroxyl groups is 6. The maximum absolute atomic E-state index is 12.5. The van der Waals surface area contributed by atoms with Gasteiger partial charge in [-0.1, -0.05) is 182 Å². The van der Waals surface area contributed by atoms with Crippen molar-refractivity contribution in [2.45, 2.75) is 38.5 Å². The number of rotatable bonds is 15. The van der Waals surface area contributed by atoms with E-state index in [9.17, 15) is 30.6 Å². The zero-order valence-electron chi connectivity index (χ0n) is 40.6. The molecule has 12 heteroatoms. The summed E-state index contributed by atoms with van der Waals surface area (Å²) in [5.41, 5.74) is 11.3. The molecule has 7 N–H and O–H groups in total. The van der Waals surface area contributed by atoms with E-state index in [-0.39, 0.29) is 114 Å². The Kier molecular flexibility index (Phi) is 18.3. The molecule has 0 fully saturated rings. The molecule has 0 saturated carbocycles. The van der Waals surface area contributed by atoms with Gasteiger partial charge in [0.2, 0.25) is 0 Å². The van der Waals surface area contributed by atoms with Crippen molar-refractivity contribution in [2.24, 2.45) is 5.10 Å². The first-order valence-electron chi connectivity index (χ1n) is 23.9. The molecule has 373 valence electrons. The van der Waals surface area contributed by atoms with Gasteiger partial charge >= 0.3 is 26.2 Å². The standard InChI is InChI=1S/C63H52N3O6.2ClH.Zr/c67-58-47(31-41-19-7-1-8-20-41)37-48(32-42-21-9-2-10-22-42)59(68)55(58)53-40-54(56-60(69)49(33-43-23-11-3-12-24-43)38-50(61(56)70)34-44-25-13-4-14-26-44)65-66(64-53)57-62(71)51(35-45-27-15-5-16-28-45)39-52(63(57)72)36-46-29-17-6-18-30-46;;;/h1-30,37-39,64,67-72H,31-36H2;2*1H;/q-1;;;+3/p-2. The average molecular weight is 1110 g/mol. The van der Waals surface area contributed by atoms with Crippen LogP contribution in [0.5, 0.6) is 34.5 Å². The topological polar surface area (TPSA) is 149 Å². The Hall–Kier alpha value is -7.75. The number of allylic oxidation sites excluding steroid dienone is 1. The fourth-order valence-corrected chi connectivity index (χ4v) is 9.43. The van der Waals surface area contributed by atoms with Crippen molar-refractivity contribution < 1.29 is 81.7 Å². The third kappa shape index (κ3) is 12.4. The molecule has 0 amide bonds. The fraction of sp³-hybridized carbons (Fsp3) is 0.0952. The van der Waals surface area contributed by atoms with E-state index in [4.69, 9.17) is 5.10 Å². The van der Waals surface area contributed by atoms with Crippen molar-refractivity contribution in [1.82, 2.24) is 5.43 Å². The zero-order valence-corrected chi connectivity index (χ0v) is 44.6. The van der Waals surface area contributed by atoms with Crippen molar-refractivity contribution in [3.8, 4) is 34.5 Å². The number of hydrogen-bond acceptors (Lipinski definition) is 9. The predicted molar refractivity (Wildman–Crippen MR) is 284 cm³/mol. The van der Waals surface area contributed by atoms with Gasteiger partial charge in [-0.3, -0.25) is 0 Å². The Morgan fingerprint density at radius 1 is 0.347 bits per heavy atom. The van der Waals surface area contributed by atoms with Crippen LogP contribution in [0.1, 0.15) is 77.9 Å². The molecular weight excluding hydrogens is 1060 g/mol. The summed E-state index contributed by atoms with van der Waals surface area (Å²) in [6.45, 7) is 0. The number of hydrogen-bond donors (Lipinski definition) is 7. The minimum absolute atomic E-state index is 0. The second kappa shape index (κ2) is 25.0. The van der Waals surface area contributed by atoms with E-state index >= 15 is 0 Å². The fourth-order valence-electron chi connectivity index (χ4n) is 9.43. The minimum atomic E-state index is -0.294. The second-order valence-corrected chi connectivity index (χ2v) is 18.1. The molecule has 0 aliphatic carbocycles. The van der Waals surface area contributed by atoms with Crippen LogP contribution < -0.4 is 35.4 Å². The molecule has 75 heavy (non-hydrogen) atoms. The van der Waals surface area contributed by atoms with Crippen LogP contribution >= 0.6 is 0 Å². The van der Waals surface area contributed by atoms with E-state index in [0.29, 0.717) is 71.9 Å². The summed E-state index contributed by atoms with van der Waals surface area (Å²) in [5.74, 6) is -1.64. The molecule has 0 aromatic heterocycles. The summed E-state index contributed by atoms with van der Waals surface area (Å²) in [4.78, 5) is 0. The van der Waals surface area contributed by atoms with Crippen LogP contribution in [0.3, 0.4) is 0 Å². The Bertz CT molecular complexity index is 3250. The molecule has 0 bridgehead atoms. The van der Waals surface area contributed by atoms with Crippen molar-refractivity contribution in [1.29, 1.82) is 0 Å². The summed E-state index contributed by atoms with van der Waals surface area (Å²) < 4.78 is 0. The summed E-state index contributed by atoms with van der Waals surface area (Å²) >= 11 is 0. The number of hydrazone groups is 1. The van der Waals surface area contributed by atoms with Gasteiger partial charge < -0.3 is 60.9 Å². The monoisotopic (exact) mass is 1110 g/mol. The molecule has 0 atom stereocenters. The molecule has 9 aromatic carbocycles. The Morgan fingerprint density at radius 3 is 0.853 bits per heavy atom. The molecule has 0 spiro atoms. The van der Waals surface area contributed by atoms with Gasteiger partial charge in [-0.2, -0.15) is 10.2 Å². The van der Waals surface area contributed by atoms with E-state index in [2.05, 4.69) is 11.5 Å². The third-order valence-electron chi connectivity index (χ3n) is 13.1. The molecule has 1 heterocycles. The number of phenolic OH excluding ortho intramolecular Hbond substituents is 6. The van der Waals surface area contributed by atoms with Gasteiger partial charge in [0.1, 0.15) is 11.5 Å². The number of hydrazine groups is 1. The van der Waals surface area contributed by atoms with Gasteiger partial charge in [-0.05, 0) is 122 Å². The SMILES string of the molecule is Oc1c(Cc2ccccc2)cc(Cc2ccccc2)c(O)c1C1=[C-]C(c2c(O)c(Cc3ccccc3)cc(Cc3ccccc3)c2O)=NN(c2c(O)c(Cc3ccccc3)cc(Cc3ccccc3)c2O)N1.[Cl-].[Cl-].[Zr+3]. The molecule has 9 nitrogen and oxygen atoms in total. The Balaban J connectivity index is 0.00000273. The Labute approximate surface area is 468 Å². The molecular formula is C63H52Cl2N3O6Zr.